The fraction of sp³-hybridized carbons (Fsp3) is 0.700. The van der Waals surface area contributed by atoms with E-state index in [1.165, 1.54) is 7.11 Å². The average molecular weight is 338 g/mol. The number of esters is 1. The van der Waals surface area contributed by atoms with Crippen molar-refractivity contribution >= 4 is 11.9 Å². The van der Waals surface area contributed by atoms with Crippen LogP contribution in [0.1, 0.15) is 65.2 Å². The molecule has 0 aromatic rings. The second-order valence-electron chi connectivity index (χ2n) is 6.70. The van der Waals surface area contributed by atoms with E-state index in [4.69, 9.17) is 4.74 Å². The molecule has 0 bridgehead atoms. The van der Waals surface area contributed by atoms with Gasteiger partial charge in [-0.1, -0.05) is 32.4 Å². The first-order chi connectivity index (χ1) is 11.5. The number of methoxy groups -OCH3 is 1. The van der Waals surface area contributed by atoms with E-state index in [0.717, 1.165) is 44.9 Å². The summed E-state index contributed by atoms with van der Waals surface area (Å²) in [4.78, 5) is 24.6. The van der Waals surface area contributed by atoms with E-state index in [0.29, 0.717) is 12.3 Å². The predicted molar refractivity (Wildman–Crippen MR) is 99.6 cm³/mol. The highest BCUT2D eigenvalue weighted by Gasteiger charge is 2.26. The van der Waals surface area contributed by atoms with E-state index in [2.05, 4.69) is 18.5 Å². The van der Waals surface area contributed by atoms with Crippen molar-refractivity contribution in [3.05, 3.63) is 25.3 Å². The van der Waals surface area contributed by atoms with Gasteiger partial charge in [0.05, 0.1) is 7.11 Å². The van der Waals surface area contributed by atoms with Crippen LogP contribution in [0.5, 0.6) is 0 Å². The van der Waals surface area contributed by atoms with E-state index < -0.39 is 6.04 Å². The van der Waals surface area contributed by atoms with Gasteiger partial charge in [-0.25, -0.2) is 4.79 Å². The van der Waals surface area contributed by atoms with Gasteiger partial charge in [0.1, 0.15) is 6.04 Å². The minimum Gasteiger partial charge on any atom is -0.467 e. The largest absolute Gasteiger partial charge is 0.467 e. The van der Waals surface area contributed by atoms with Crippen molar-refractivity contribution in [2.75, 3.05) is 7.11 Å². The number of carbonyl (C=O) groups excluding carboxylic acids is 2. The van der Waals surface area contributed by atoms with Crippen molar-refractivity contribution in [1.29, 1.82) is 0 Å². The quantitative estimate of drug-likeness (QED) is 0.290. The third kappa shape index (κ3) is 10.2. The van der Waals surface area contributed by atoms with Crippen molar-refractivity contribution in [2.45, 2.75) is 71.3 Å². The zero-order chi connectivity index (χ0) is 18.4. The summed E-state index contributed by atoms with van der Waals surface area (Å²) in [6, 6.07) is -0.558. The summed E-state index contributed by atoms with van der Waals surface area (Å²) in [7, 11) is 1.36. The molecule has 0 rings (SSSR count). The van der Waals surface area contributed by atoms with Crippen LogP contribution in [0.3, 0.4) is 0 Å². The maximum atomic E-state index is 12.6. The first kappa shape index (κ1) is 22.4. The number of amides is 1. The van der Waals surface area contributed by atoms with Crippen LogP contribution in [0.25, 0.3) is 0 Å². The molecular weight excluding hydrogens is 302 g/mol. The molecule has 0 saturated heterocycles. The molecule has 0 radical (unpaired) electrons. The lowest BCUT2D eigenvalue weighted by atomic mass is 9.93. The highest BCUT2D eigenvalue weighted by Crippen LogP contribution is 2.18. The maximum absolute atomic E-state index is 12.6. The second kappa shape index (κ2) is 13.8. The highest BCUT2D eigenvalue weighted by atomic mass is 16.5. The lowest BCUT2D eigenvalue weighted by Gasteiger charge is -2.22. The van der Waals surface area contributed by atoms with Crippen LogP contribution >= 0.6 is 0 Å². The van der Waals surface area contributed by atoms with Crippen LogP contribution in [0.2, 0.25) is 0 Å². The summed E-state index contributed by atoms with van der Waals surface area (Å²) >= 11 is 0. The van der Waals surface area contributed by atoms with Crippen LogP contribution in [0.4, 0.5) is 0 Å². The van der Waals surface area contributed by atoms with E-state index >= 15 is 0 Å². The first-order valence-electron chi connectivity index (χ1n) is 9.06. The van der Waals surface area contributed by atoms with Gasteiger partial charge in [0, 0.05) is 5.92 Å². The SMILES string of the molecule is C=CCCCCC(CCCC=C)C(=O)N[C@@H](CC(C)C)C(=O)OC. The molecule has 0 fully saturated rings. The summed E-state index contributed by atoms with van der Waals surface area (Å²) in [6.07, 6.45) is 10.9. The Morgan fingerprint density at radius 2 is 1.62 bits per heavy atom. The van der Waals surface area contributed by atoms with Crippen LogP contribution in [0.15, 0.2) is 25.3 Å². The Morgan fingerprint density at radius 3 is 2.17 bits per heavy atom. The Bertz CT molecular complexity index is 390. The van der Waals surface area contributed by atoms with Gasteiger partial charge in [-0.15, -0.1) is 13.2 Å². The van der Waals surface area contributed by atoms with E-state index in [-0.39, 0.29) is 17.8 Å². The lowest BCUT2D eigenvalue weighted by molar-refractivity contribution is -0.146. The predicted octanol–water partition coefficient (Wildman–Crippen LogP) is 4.41. The number of allylic oxidation sites excluding steroid dienone is 2. The molecule has 4 heteroatoms. The number of hydrogen-bond acceptors (Lipinski definition) is 3. The van der Waals surface area contributed by atoms with E-state index in [1.807, 2.05) is 26.0 Å². The molecule has 1 unspecified atom stereocenters. The zero-order valence-corrected chi connectivity index (χ0v) is 15.7. The Morgan fingerprint density at radius 1 is 1.04 bits per heavy atom. The molecule has 0 aliphatic heterocycles. The molecule has 0 saturated carbocycles. The van der Waals surface area contributed by atoms with Crippen LogP contribution < -0.4 is 5.32 Å². The molecule has 24 heavy (non-hydrogen) atoms. The van der Waals surface area contributed by atoms with Crippen molar-refractivity contribution in [3.8, 4) is 0 Å². The lowest BCUT2D eigenvalue weighted by Crippen LogP contribution is -2.45. The molecule has 0 aromatic heterocycles. The fourth-order valence-electron chi connectivity index (χ4n) is 2.71. The Labute approximate surface area is 147 Å². The topological polar surface area (TPSA) is 55.4 Å². The van der Waals surface area contributed by atoms with Gasteiger partial charge in [-0.3, -0.25) is 4.79 Å². The van der Waals surface area contributed by atoms with Crippen molar-refractivity contribution < 1.29 is 14.3 Å². The van der Waals surface area contributed by atoms with Crippen molar-refractivity contribution in [1.82, 2.24) is 5.32 Å². The summed E-state index contributed by atoms with van der Waals surface area (Å²) in [5.74, 6) is -0.155. The Hall–Kier alpha value is -1.58. The monoisotopic (exact) mass is 337 g/mol. The minimum absolute atomic E-state index is 0.0336. The molecule has 2 atom stereocenters. The van der Waals surface area contributed by atoms with E-state index in [1.54, 1.807) is 0 Å². The number of rotatable bonds is 14. The summed E-state index contributed by atoms with van der Waals surface area (Å²) in [6.45, 7) is 11.5. The molecule has 0 aliphatic rings. The smallest absolute Gasteiger partial charge is 0.328 e. The number of nitrogens with one attached hydrogen (secondary N) is 1. The molecule has 0 spiro atoms. The van der Waals surface area contributed by atoms with Gasteiger partial charge < -0.3 is 10.1 Å². The number of ether oxygens (including phenoxy) is 1. The number of carbonyl (C=O) groups is 2. The van der Waals surface area contributed by atoms with Crippen molar-refractivity contribution in [3.63, 3.8) is 0 Å². The van der Waals surface area contributed by atoms with Crippen molar-refractivity contribution in [2.24, 2.45) is 11.8 Å². The van der Waals surface area contributed by atoms with Gasteiger partial charge in [0.15, 0.2) is 0 Å². The van der Waals surface area contributed by atoms with Gasteiger partial charge in [-0.2, -0.15) is 0 Å². The molecular formula is C20H35NO3. The Kier molecular flexibility index (Phi) is 12.9. The summed E-state index contributed by atoms with van der Waals surface area (Å²) < 4.78 is 4.83. The Balaban J connectivity index is 4.73. The van der Waals surface area contributed by atoms with Crippen LogP contribution in [-0.4, -0.2) is 25.0 Å². The summed E-state index contributed by atoms with van der Waals surface area (Å²) in [5.41, 5.74) is 0. The third-order valence-corrected chi connectivity index (χ3v) is 4.05. The molecule has 0 aliphatic carbocycles. The van der Waals surface area contributed by atoms with Gasteiger partial charge >= 0.3 is 5.97 Å². The summed E-state index contributed by atoms with van der Waals surface area (Å²) in [5, 5.41) is 2.91. The van der Waals surface area contributed by atoms with Gasteiger partial charge in [0.25, 0.3) is 0 Å². The third-order valence-electron chi connectivity index (χ3n) is 4.05. The highest BCUT2D eigenvalue weighted by molar-refractivity contribution is 5.85. The van der Waals surface area contributed by atoms with Gasteiger partial charge in [0.2, 0.25) is 5.91 Å². The average Bonchev–Trinajstić information content (AvgIpc) is 2.55. The minimum atomic E-state index is -0.558. The maximum Gasteiger partial charge on any atom is 0.328 e. The molecule has 0 aromatic carbocycles. The fourth-order valence-corrected chi connectivity index (χ4v) is 2.71. The molecule has 1 amide bonds. The zero-order valence-electron chi connectivity index (χ0n) is 15.7. The second-order valence-corrected chi connectivity index (χ2v) is 6.70. The normalized spacial score (nSPS) is 13.2. The standard InChI is InChI=1S/C20H35NO3/c1-6-8-10-12-14-17(13-11-9-7-2)19(22)21-18(15-16(3)4)20(23)24-5/h6-7,16-18H,1-2,8-15H2,3-5H3,(H,21,22)/t17?,18-/m0/s1. The molecule has 4 nitrogen and oxygen atoms in total. The molecule has 138 valence electrons. The van der Waals surface area contributed by atoms with Crippen LogP contribution in [-0.2, 0) is 14.3 Å². The van der Waals surface area contributed by atoms with Gasteiger partial charge in [-0.05, 0) is 50.9 Å². The van der Waals surface area contributed by atoms with E-state index in [9.17, 15) is 9.59 Å². The first-order valence-corrected chi connectivity index (χ1v) is 9.06. The number of unbranched alkanes of at least 4 members (excludes halogenated alkanes) is 3. The van der Waals surface area contributed by atoms with Crippen LogP contribution in [0, 0.1) is 11.8 Å². The molecule has 0 heterocycles. The molecule has 1 N–H and O–H groups in total. The number of hydrogen-bond donors (Lipinski definition) is 1.